The molecule has 26 heavy (non-hydrogen) atoms. The molecule has 0 aliphatic carbocycles. The Balaban J connectivity index is 1.50. The highest BCUT2D eigenvalue weighted by Crippen LogP contribution is 2.14. The molecule has 1 amide bonds. The van der Waals surface area contributed by atoms with Crippen molar-refractivity contribution in [2.75, 3.05) is 42.9 Å². The van der Waals surface area contributed by atoms with Gasteiger partial charge < -0.3 is 15.1 Å². The van der Waals surface area contributed by atoms with Gasteiger partial charge in [-0.3, -0.25) is 4.79 Å². The van der Waals surface area contributed by atoms with E-state index in [0.717, 1.165) is 37.7 Å². The van der Waals surface area contributed by atoms with Gasteiger partial charge in [0.25, 0.3) is 5.91 Å². The predicted molar refractivity (Wildman–Crippen MR) is 102 cm³/mol. The van der Waals surface area contributed by atoms with Crippen molar-refractivity contribution in [1.82, 2.24) is 19.9 Å². The van der Waals surface area contributed by atoms with Crippen LogP contribution in [0.5, 0.6) is 0 Å². The summed E-state index contributed by atoms with van der Waals surface area (Å²) in [5.74, 6) is 1.62. The number of anilines is 2. The molecule has 138 valence electrons. The van der Waals surface area contributed by atoms with Gasteiger partial charge in [0, 0.05) is 38.9 Å². The first-order chi connectivity index (χ1) is 12.8. The number of unbranched alkanes of at least 4 members (excludes halogenated alkanes) is 2. The van der Waals surface area contributed by atoms with Crippen LogP contribution in [-0.2, 0) is 0 Å². The minimum atomic E-state index is -0.0595. The summed E-state index contributed by atoms with van der Waals surface area (Å²) in [6.45, 7) is 5.92. The normalized spacial score (nSPS) is 14.3. The van der Waals surface area contributed by atoms with Gasteiger partial charge in [0.05, 0.1) is 12.4 Å². The van der Waals surface area contributed by atoms with Crippen LogP contribution in [0.3, 0.4) is 0 Å². The van der Waals surface area contributed by atoms with Crippen LogP contribution in [0, 0.1) is 0 Å². The van der Waals surface area contributed by atoms with Gasteiger partial charge >= 0.3 is 0 Å². The SMILES string of the molecule is CCCCCNc1cnc(C(=O)N2CCN(c3ccccn3)CC2)cn1. The van der Waals surface area contributed by atoms with E-state index in [9.17, 15) is 4.79 Å². The van der Waals surface area contributed by atoms with Crippen molar-refractivity contribution in [1.29, 1.82) is 0 Å². The summed E-state index contributed by atoms with van der Waals surface area (Å²) in [7, 11) is 0. The maximum Gasteiger partial charge on any atom is 0.274 e. The number of pyridine rings is 1. The highest BCUT2D eigenvalue weighted by atomic mass is 16.2. The molecule has 0 bridgehead atoms. The number of aromatic nitrogens is 3. The molecule has 0 radical (unpaired) electrons. The minimum absolute atomic E-state index is 0.0595. The molecule has 2 aromatic heterocycles. The smallest absolute Gasteiger partial charge is 0.274 e. The summed E-state index contributed by atoms with van der Waals surface area (Å²) in [6.07, 6.45) is 8.49. The fourth-order valence-electron chi connectivity index (χ4n) is 2.96. The highest BCUT2D eigenvalue weighted by Gasteiger charge is 2.23. The first-order valence-electron chi connectivity index (χ1n) is 9.29. The Bertz CT molecular complexity index is 683. The average Bonchev–Trinajstić information content (AvgIpc) is 2.72. The van der Waals surface area contributed by atoms with E-state index >= 15 is 0 Å². The van der Waals surface area contributed by atoms with Crippen molar-refractivity contribution in [3.63, 3.8) is 0 Å². The van der Waals surface area contributed by atoms with Crippen molar-refractivity contribution < 1.29 is 4.79 Å². The number of hydrogen-bond acceptors (Lipinski definition) is 6. The number of amides is 1. The number of nitrogens with one attached hydrogen (secondary N) is 1. The zero-order chi connectivity index (χ0) is 18.2. The van der Waals surface area contributed by atoms with Gasteiger partial charge in [0.15, 0.2) is 0 Å². The van der Waals surface area contributed by atoms with E-state index in [-0.39, 0.29) is 5.91 Å². The largest absolute Gasteiger partial charge is 0.369 e. The van der Waals surface area contributed by atoms with Gasteiger partial charge in [0.1, 0.15) is 17.3 Å². The van der Waals surface area contributed by atoms with Gasteiger partial charge in [-0.05, 0) is 18.6 Å². The number of nitrogens with zero attached hydrogens (tertiary/aromatic N) is 5. The number of hydrogen-bond donors (Lipinski definition) is 1. The van der Waals surface area contributed by atoms with E-state index < -0.39 is 0 Å². The second kappa shape index (κ2) is 9.12. The lowest BCUT2D eigenvalue weighted by atomic mass is 10.2. The number of piperazine rings is 1. The molecule has 7 nitrogen and oxygen atoms in total. The first-order valence-corrected chi connectivity index (χ1v) is 9.29. The Kier molecular flexibility index (Phi) is 6.35. The molecule has 3 rings (SSSR count). The van der Waals surface area contributed by atoms with E-state index in [1.807, 2.05) is 23.1 Å². The maximum absolute atomic E-state index is 12.6. The van der Waals surface area contributed by atoms with E-state index in [4.69, 9.17) is 0 Å². The van der Waals surface area contributed by atoms with E-state index in [1.165, 1.54) is 12.8 Å². The van der Waals surface area contributed by atoms with Crippen LogP contribution in [-0.4, -0.2) is 58.5 Å². The second-order valence-electron chi connectivity index (χ2n) is 6.39. The lowest BCUT2D eigenvalue weighted by Crippen LogP contribution is -2.49. The number of carbonyl (C=O) groups is 1. The lowest BCUT2D eigenvalue weighted by Gasteiger charge is -2.35. The summed E-state index contributed by atoms with van der Waals surface area (Å²) in [5, 5.41) is 3.24. The van der Waals surface area contributed by atoms with Crippen LogP contribution in [0.1, 0.15) is 36.7 Å². The predicted octanol–water partition coefficient (Wildman–Crippen LogP) is 2.44. The molecule has 0 saturated carbocycles. The van der Waals surface area contributed by atoms with Gasteiger partial charge in [0.2, 0.25) is 0 Å². The van der Waals surface area contributed by atoms with Crippen LogP contribution in [0.15, 0.2) is 36.8 Å². The van der Waals surface area contributed by atoms with Gasteiger partial charge in [-0.2, -0.15) is 0 Å². The van der Waals surface area contributed by atoms with Crippen LogP contribution >= 0.6 is 0 Å². The molecule has 2 aromatic rings. The minimum Gasteiger partial charge on any atom is -0.369 e. The highest BCUT2D eigenvalue weighted by molar-refractivity contribution is 5.92. The summed E-state index contributed by atoms with van der Waals surface area (Å²) < 4.78 is 0. The molecular weight excluding hydrogens is 328 g/mol. The lowest BCUT2D eigenvalue weighted by molar-refractivity contribution is 0.0740. The molecular formula is C19H26N6O. The Labute approximate surface area is 154 Å². The zero-order valence-corrected chi connectivity index (χ0v) is 15.3. The molecule has 1 N–H and O–H groups in total. The van der Waals surface area contributed by atoms with Crippen LogP contribution < -0.4 is 10.2 Å². The van der Waals surface area contributed by atoms with Gasteiger partial charge in [-0.1, -0.05) is 25.8 Å². The van der Waals surface area contributed by atoms with Crippen LogP contribution in [0.2, 0.25) is 0 Å². The van der Waals surface area contributed by atoms with Gasteiger partial charge in [-0.15, -0.1) is 0 Å². The standard InChI is InChI=1S/C19H26N6O/c1-2-3-5-8-20-17-15-22-16(14-23-17)19(26)25-12-10-24(11-13-25)18-7-4-6-9-21-18/h4,6-7,9,14-15H,2-3,5,8,10-13H2,1H3,(H,20,23). The quantitative estimate of drug-likeness (QED) is 0.770. The number of rotatable bonds is 7. The van der Waals surface area contributed by atoms with Crippen LogP contribution in [0.25, 0.3) is 0 Å². The zero-order valence-electron chi connectivity index (χ0n) is 15.3. The maximum atomic E-state index is 12.6. The third kappa shape index (κ3) is 4.68. The van der Waals surface area contributed by atoms with E-state index in [2.05, 4.69) is 32.1 Å². The van der Waals surface area contributed by atoms with Gasteiger partial charge in [-0.25, -0.2) is 15.0 Å². The molecule has 1 aliphatic heterocycles. The molecule has 7 heteroatoms. The Hall–Kier alpha value is -2.70. The first kappa shape index (κ1) is 18.1. The molecule has 1 fully saturated rings. The second-order valence-corrected chi connectivity index (χ2v) is 6.39. The molecule has 0 aromatic carbocycles. The fourth-order valence-corrected chi connectivity index (χ4v) is 2.96. The Morgan fingerprint density at radius 1 is 1.08 bits per heavy atom. The van der Waals surface area contributed by atoms with Crippen molar-refractivity contribution in [3.8, 4) is 0 Å². The third-order valence-electron chi connectivity index (χ3n) is 4.50. The van der Waals surface area contributed by atoms with E-state index in [0.29, 0.717) is 18.8 Å². The van der Waals surface area contributed by atoms with E-state index in [1.54, 1.807) is 18.6 Å². The molecule has 0 spiro atoms. The van der Waals surface area contributed by atoms with Crippen LogP contribution in [0.4, 0.5) is 11.6 Å². The van der Waals surface area contributed by atoms with Crippen molar-refractivity contribution in [2.24, 2.45) is 0 Å². The Morgan fingerprint density at radius 2 is 1.92 bits per heavy atom. The number of carbonyl (C=O) groups excluding carboxylic acids is 1. The molecule has 0 atom stereocenters. The molecule has 3 heterocycles. The summed E-state index contributed by atoms with van der Waals surface area (Å²) in [4.78, 5) is 29.6. The summed E-state index contributed by atoms with van der Waals surface area (Å²) in [6, 6.07) is 5.88. The summed E-state index contributed by atoms with van der Waals surface area (Å²) >= 11 is 0. The van der Waals surface area contributed by atoms with Crippen molar-refractivity contribution in [2.45, 2.75) is 26.2 Å². The average molecular weight is 354 g/mol. The molecule has 0 unspecified atom stereocenters. The Morgan fingerprint density at radius 3 is 2.58 bits per heavy atom. The molecule has 1 saturated heterocycles. The van der Waals surface area contributed by atoms with Crippen molar-refractivity contribution >= 4 is 17.5 Å². The van der Waals surface area contributed by atoms with Crippen molar-refractivity contribution in [3.05, 3.63) is 42.5 Å². The third-order valence-corrected chi connectivity index (χ3v) is 4.50. The fraction of sp³-hybridized carbons (Fsp3) is 0.474. The summed E-state index contributed by atoms with van der Waals surface area (Å²) in [5.41, 5.74) is 0.399. The molecule has 1 aliphatic rings. The topological polar surface area (TPSA) is 74.2 Å². The monoisotopic (exact) mass is 354 g/mol.